The fourth-order valence-corrected chi connectivity index (χ4v) is 9.96. The van der Waals surface area contributed by atoms with Gasteiger partial charge in [0.15, 0.2) is 5.75 Å². The molecule has 4 aliphatic rings. The second-order valence-electron chi connectivity index (χ2n) is 16.1. The molecule has 280 valence electrons. The van der Waals surface area contributed by atoms with Gasteiger partial charge in [0, 0.05) is 57.6 Å². The minimum Gasteiger partial charge on any atom is -0.408 e. The Labute approximate surface area is 313 Å². The van der Waals surface area contributed by atoms with Gasteiger partial charge in [-0.2, -0.15) is 0 Å². The maximum absolute atomic E-state index is 14.0. The summed E-state index contributed by atoms with van der Waals surface area (Å²) in [4.78, 5) is 52.5. The molecule has 2 heterocycles. The molecule has 2 unspecified atom stereocenters. The van der Waals surface area contributed by atoms with E-state index in [2.05, 4.69) is 34.9 Å². The van der Waals surface area contributed by atoms with E-state index in [4.69, 9.17) is 11.2 Å². The summed E-state index contributed by atoms with van der Waals surface area (Å²) in [6, 6.07) is 15.0. The molecule has 3 amide bonds. The van der Waals surface area contributed by atoms with E-state index in [1.807, 2.05) is 49.1 Å². The second-order valence-corrected chi connectivity index (χ2v) is 16.1. The van der Waals surface area contributed by atoms with Gasteiger partial charge in [-0.1, -0.05) is 44.0 Å². The SMILES string of the molecule is C#C[C@]1(O)CCC2[C@@H]3CCc4cc(OC(=O)N(C)C)c(N5CCN(C(=O)[C@H](C)N(CCC)C(=O)c6ccc7ccccc7n6)CC5)cc4C3CC[C@@]21C. The van der Waals surface area contributed by atoms with E-state index < -0.39 is 17.7 Å². The van der Waals surface area contributed by atoms with Gasteiger partial charge in [-0.25, -0.2) is 9.78 Å². The molecule has 6 atom stereocenters. The third kappa shape index (κ3) is 6.41. The van der Waals surface area contributed by atoms with Crippen LogP contribution >= 0.6 is 0 Å². The lowest BCUT2D eigenvalue weighted by molar-refractivity contribution is -0.135. The maximum atomic E-state index is 14.0. The van der Waals surface area contributed by atoms with E-state index in [1.165, 1.54) is 16.0 Å². The zero-order valence-electron chi connectivity index (χ0n) is 31.8. The van der Waals surface area contributed by atoms with Crippen molar-refractivity contribution >= 4 is 34.5 Å². The Hall–Kier alpha value is -4.62. The third-order valence-corrected chi connectivity index (χ3v) is 13.1. The molecule has 2 aromatic carbocycles. The highest BCUT2D eigenvalue weighted by atomic mass is 16.6. The number of aryl methyl sites for hydroxylation is 1. The molecule has 1 aliphatic heterocycles. The Morgan fingerprint density at radius 2 is 1.81 bits per heavy atom. The largest absolute Gasteiger partial charge is 0.414 e. The molecule has 0 spiro atoms. The lowest BCUT2D eigenvalue weighted by Crippen LogP contribution is -2.55. The fraction of sp³-hybridized carbons (Fsp3) is 0.535. The molecular formula is C43H53N5O5. The van der Waals surface area contributed by atoms with Crippen LogP contribution in [-0.2, 0) is 11.2 Å². The molecule has 1 N–H and O–H groups in total. The zero-order valence-corrected chi connectivity index (χ0v) is 31.8. The minimum atomic E-state index is -1.05. The molecule has 7 rings (SSSR count). The van der Waals surface area contributed by atoms with Crippen molar-refractivity contribution in [2.75, 3.05) is 51.7 Å². The molecule has 3 aromatic rings. The Bertz CT molecular complexity index is 1950. The highest BCUT2D eigenvalue weighted by Gasteiger charge is 2.61. The molecule has 1 aromatic heterocycles. The molecule has 0 bridgehead atoms. The van der Waals surface area contributed by atoms with Crippen LogP contribution in [0.25, 0.3) is 10.9 Å². The molecular weight excluding hydrogens is 667 g/mol. The quantitative estimate of drug-likeness (QED) is 0.294. The van der Waals surface area contributed by atoms with Gasteiger partial charge in [-0.3, -0.25) is 9.59 Å². The number of benzene rings is 2. The average molecular weight is 720 g/mol. The van der Waals surface area contributed by atoms with Crippen LogP contribution in [0.4, 0.5) is 10.5 Å². The zero-order chi connectivity index (χ0) is 37.7. The number of nitrogens with zero attached hydrogens (tertiary/aromatic N) is 5. The Balaban J connectivity index is 1.10. The molecule has 53 heavy (non-hydrogen) atoms. The van der Waals surface area contributed by atoms with Gasteiger partial charge in [-0.05, 0) is 105 Å². The number of para-hydroxylation sites is 1. The van der Waals surface area contributed by atoms with Crippen LogP contribution in [0.3, 0.4) is 0 Å². The lowest BCUT2D eigenvalue weighted by atomic mass is 9.53. The van der Waals surface area contributed by atoms with Crippen LogP contribution in [0, 0.1) is 29.6 Å². The van der Waals surface area contributed by atoms with Crippen molar-refractivity contribution in [1.29, 1.82) is 0 Å². The topological polar surface area (TPSA) is 107 Å². The number of amides is 3. The summed E-state index contributed by atoms with van der Waals surface area (Å²) in [5, 5.41) is 12.4. The van der Waals surface area contributed by atoms with Gasteiger partial charge >= 0.3 is 6.09 Å². The van der Waals surface area contributed by atoms with Gasteiger partial charge in [0.05, 0.1) is 11.2 Å². The number of carbonyl (C=O) groups is 3. The Kier molecular flexibility index (Phi) is 9.92. The summed E-state index contributed by atoms with van der Waals surface area (Å²) in [6.07, 6.45) is 11.5. The van der Waals surface area contributed by atoms with Gasteiger partial charge < -0.3 is 29.4 Å². The molecule has 10 heteroatoms. The van der Waals surface area contributed by atoms with Crippen molar-refractivity contribution in [1.82, 2.24) is 19.7 Å². The first-order chi connectivity index (χ1) is 25.4. The van der Waals surface area contributed by atoms with Crippen LogP contribution in [0.1, 0.15) is 86.8 Å². The maximum Gasteiger partial charge on any atom is 0.414 e. The van der Waals surface area contributed by atoms with Crippen LogP contribution in [0.5, 0.6) is 5.75 Å². The second kappa shape index (κ2) is 14.3. The first-order valence-corrected chi connectivity index (χ1v) is 19.4. The van der Waals surface area contributed by atoms with Gasteiger partial charge in [0.2, 0.25) is 5.91 Å². The highest BCUT2D eigenvalue weighted by molar-refractivity contribution is 5.98. The number of hydrogen-bond acceptors (Lipinski definition) is 7. The van der Waals surface area contributed by atoms with Crippen LogP contribution in [-0.4, -0.2) is 101 Å². The number of fused-ring (bicyclic) bond motifs is 6. The minimum absolute atomic E-state index is 0.0893. The van der Waals surface area contributed by atoms with Crippen molar-refractivity contribution in [2.45, 2.75) is 83.3 Å². The van der Waals surface area contributed by atoms with E-state index in [-0.39, 0.29) is 17.2 Å². The first-order valence-electron chi connectivity index (χ1n) is 19.4. The summed E-state index contributed by atoms with van der Waals surface area (Å²) >= 11 is 0. The molecule has 1 saturated heterocycles. The summed E-state index contributed by atoms with van der Waals surface area (Å²) in [5.41, 5.74) is 3.13. The van der Waals surface area contributed by atoms with Gasteiger partial charge in [-0.15, -0.1) is 6.42 Å². The number of rotatable bonds is 7. The molecule has 0 radical (unpaired) electrons. The van der Waals surface area contributed by atoms with E-state index in [0.29, 0.717) is 74.8 Å². The number of piperazine rings is 1. The summed E-state index contributed by atoms with van der Waals surface area (Å²) in [5.74, 6) is 4.12. The van der Waals surface area contributed by atoms with Crippen LogP contribution < -0.4 is 9.64 Å². The molecule has 3 fully saturated rings. The van der Waals surface area contributed by atoms with E-state index in [0.717, 1.165) is 48.7 Å². The summed E-state index contributed by atoms with van der Waals surface area (Å²) in [7, 11) is 3.36. The average Bonchev–Trinajstić information content (AvgIpc) is 3.45. The lowest BCUT2D eigenvalue weighted by Gasteiger charge is -2.52. The number of aliphatic hydroxyl groups is 1. The van der Waals surface area contributed by atoms with Crippen molar-refractivity contribution in [2.24, 2.45) is 17.3 Å². The standard InChI is InChI=1S/C43H53N5O5/c1-7-21-48(40(50)36-16-14-29-11-9-10-12-35(29)44-36)28(3)39(49)47-24-22-46(23-25-47)37-27-33-30(26-38(37)53-41(51)45(5)6)13-15-32-31(33)17-19-42(4)34(32)18-20-43(42,52)8-2/h2,9-12,14,16,26-28,31-32,34,52H,7,13,15,17-25H2,1,3-6H3/t28-,31?,32+,34?,42-,43-/m0/s1. The van der Waals surface area contributed by atoms with Crippen LogP contribution in [0.2, 0.25) is 0 Å². The predicted molar refractivity (Wildman–Crippen MR) is 206 cm³/mol. The predicted octanol–water partition coefficient (Wildman–Crippen LogP) is 6.11. The highest BCUT2D eigenvalue weighted by Crippen LogP contribution is 2.64. The third-order valence-electron chi connectivity index (χ3n) is 13.1. The number of anilines is 1. The van der Waals surface area contributed by atoms with Gasteiger partial charge in [0.25, 0.3) is 5.91 Å². The number of pyridine rings is 1. The first kappa shape index (κ1) is 36.7. The van der Waals surface area contributed by atoms with E-state index in [9.17, 15) is 19.5 Å². The molecule has 2 saturated carbocycles. The smallest absolute Gasteiger partial charge is 0.408 e. The van der Waals surface area contributed by atoms with Crippen molar-refractivity contribution < 1.29 is 24.2 Å². The van der Waals surface area contributed by atoms with Crippen molar-refractivity contribution in [3.63, 3.8) is 0 Å². The van der Waals surface area contributed by atoms with E-state index in [1.54, 1.807) is 25.1 Å². The normalized spacial score (nSPS) is 26.8. The van der Waals surface area contributed by atoms with Crippen LogP contribution in [0.15, 0.2) is 48.5 Å². The van der Waals surface area contributed by atoms with E-state index >= 15 is 0 Å². The van der Waals surface area contributed by atoms with Crippen molar-refractivity contribution in [3.05, 3.63) is 65.4 Å². The Morgan fingerprint density at radius 3 is 2.53 bits per heavy atom. The number of ether oxygens (including phenoxy) is 1. The number of carbonyl (C=O) groups excluding carboxylic acids is 3. The Morgan fingerprint density at radius 1 is 1.06 bits per heavy atom. The number of hydrogen-bond donors (Lipinski definition) is 1. The van der Waals surface area contributed by atoms with Gasteiger partial charge in [0.1, 0.15) is 17.3 Å². The molecule has 10 nitrogen and oxygen atoms in total. The number of terminal acetylenes is 1. The molecule has 3 aliphatic carbocycles. The van der Waals surface area contributed by atoms with Crippen molar-refractivity contribution in [3.8, 4) is 18.1 Å². The summed E-state index contributed by atoms with van der Waals surface area (Å²) in [6.45, 7) is 8.52. The number of aromatic nitrogens is 1. The monoisotopic (exact) mass is 719 g/mol. The fourth-order valence-electron chi connectivity index (χ4n) is 9.96. The summed E-state index contributed by atoms with van der Waals surface area (Å²) < 4.78 is 6.02.